The first-order valence-corrected chi connectivity index (χ1v) is 11.3. The molecule has 2 aromatic heterocycles. The Morgan fingerprint density at radius 1 is 1.21 bits per heavy atom. The minimum atomic E-state index is -4.38. The zero-order valence-corrected chi connectivity index (χ0v) is 20.5. The van der Waals surface area contributed by atoms with Gasteiger partial charge in [-0.3, -0.25) is 29.6 Å². The summed E-state index contributed by atoms with van der Waals surface area (Å²) in [5.74, 6) is 0. The number of carbonyl (C=O) groups is 1. The van der Waals surface area contributed by atoms with E-state index in [2.05, 4.69) is 15.6 Å². The lowest BCUT2D eigenvalue weighted by atomic mass is 10.2. The lowest BCUT2D eigenvalue weighted by Crippen LogP contribution is -2.44. The number of aromatic nitrogens is 2. The number of rotatable bonds is 7. The normalized spacial score (nSPS) is 15.2. The Hall–Kier alpha value is -2.18. The molecular weight excluding hydrogens is 461 g/mol. The molecule has 186 valence electrons. The lowest BCUT2D eigenvalue weighted by Gasteiger charge is -2.17. The molecule has 0 saturated heterocycles. The van der Waals surface area contributed by atoms with E-state index in [4.69, 9.17) is 0 Å². The van der Waals surface area contributed by atoms with Crippen molar-refractivity contribution in [2.24, 2.45) is 0 Å². The van der Waals surface area contributed by atoms with Gasteiger partial charge in [0.1, 0.15) is 10.4 Å². The van der Waals surface area contributed by atoms with Crippen LogP contribution in [0.4, 0.5) is 13.2 Å². The van der Waals surface area contributed by atoms with Crippen LogP contribution in [-0.4, -0.2) is 34.4 Å². The average Bonchev–Trinajstić information content (AvgIpc) is 3.31. The number of hydrogen-bond acceptors (Lipinski definition) is 7. The van der Waals surface area contributed by atoms with Crippen LogP contribution in [0.3, 0.4) is 0 Å². The molecular formula is C21H31F3N4O4S. The monoisotopic (exact) mass is 492 g/mol. The van der Waals surface area contributed by atoms with Crippen molar-refractivity contribution in [2.45, 2.75) is 84.3 Å². The van der Waals surface area contributed by atoms with Gasteiger partial charge < -0.3 is 4.74 Å². The number of carbonyl (C=O) groups excluding carboxylic acids is 1. The molecule has 8 nitrogen and oxygen atoms in total. The lowest BCUT2D eigenvalue weighted by molar-refractivity contribution is -0.139. The SMILES string of the molecule is CC(C)(C)OC=O.CNNCc1sc2c(c1C)c(=O)n(C1(C)CC1)c(=O)n2CCC(F)(F)F. The van der Waals surface area contributed by atoms with Crippen LogP contribution in [0, 0.1) is 6.92 Å². The summed E-state index contributed by atoms with van der Waals surface area (Å²) >= 11 is 1.19. The topological polar surface area (TPSA) is 94.4 Å². The first-order valence-electron chi connectivity index (χ1n) is 10.5. The summed E-state index contributed by atoms with van der Waals surface area (Å²) < 4.78 is 45.1. The molecule has 0 atom stereocenters. The van der Waals surface area contributed by atoms with E-state index < -0.39 is 35.9 Å². The highest BCUT2D eigenvalue weighted by atomic mass is 32.1. The van der Waals surface area contributed by atoms with Crippen molar-refractivity contribution in [1.82, 2.24) is 20.0 Å². The number of aryl methyl sites for hydroxylation is 2. The van der Waals surface area contributed by atoms with Crippen molar-refractivity contribution in [2.75, 3.05) is 7.05 Å². The van der Waals surface area contributed by atoms with Crippen molar-refractivity contribution >= 4 is 28.0 Å². The van der Waals surface area contributed by atoms with Gasteiger partial charge >= 0.3 is 11.9 Å². The number of alkyl halides is 3. The van der Waals surface area contributed by atoms with Crippen molar-refractivity contribution in [3.63, 3.8) is 0 Å². The van der Waals surface area contributed by atoms with Crippen LogP contribution in [0.2, 0.25) is 0 Å². The molecule has 1 saturated carbocycles. The summed E-state index contributed by atoms with van der Waals surface area (Å²) in [7, 11) is 1.70. The fourth-order valence-corrected chi connectivity index (χ4v) is 4.45. The Labute approximate surface area is 193 Å². The molecule has 0 aliphatic heterocycles. The molecule has 2 N–H and O–H groups in total. The van der Waals surface area contributed by atoms with E-state index in [0.29, 0.717) is 41.6 Å². The number of hydrogen-bond donors (Lipinski definition) is 2. The van der Waals surface area contributed by atoms with Gasteiger partial charge in [0, 0.05) is 18.0 Å². The Morgan fingerprint density at radius 3 is 2.24 bits per heavy atom. The number of ether oxygens (including phenoxy) is 1. The van der Waals surface area contributed by atoms with Gasteiger partial charge in [0.25, 0.3) is 12.0 Å². The number of nitrogens with zero attached hydrogens (tertiary/aromatic N) is 2. The van der Waals surface area contributed by atoms with Gasteiger partial charge in [0.15, 0.2) is 0 Å². The number of fused-ring (bicyclic) bond motifs is 1. The molecule has 0 spiro atoms. The van der Waals surface area contributed by atoms with Crippen LogP contribution in [0.25, 0.3) is 10.2 Å². The van der Waals surface area contributed by atoms with E-state index >= 15 is 0 Å². The Kier molecular flexibility index (Phi) is 8.19. The number of thiophene rings is 1. The molecule has 12 heteroatoms. The molecule has 2 heterocycles. The second-order valence-electron chi connectivity index (χ2n) is 9.20. The van der Waals surface area contributed by atoms with Crippen LogP contribution in [-0.2, 0) is 28.2 Å². The van der Waals surface area contributed by atoms with E-state index in [0.717, 1.165) is 14.0 Å². The fraction of sp³-hybridized carbons (Fsp3) is 0.667. The van der Waals surface area contributed by atoms with Crippen LogP contribution in [0.5, 0.6) is 0 Å². The summed E-state index contributed by atoms with van der Waals surface area (Å²) in [5, 5.41) is 0.345. The van der Waals surface area contributed by atoms with Crippen LogP contribution >= 0.6 is 11.3 Å². The number of halogens is 3. The quantitative estimate of drug-likeness (QED) is 0.456. The fourth-order valence-electron chi connectivity index (χ4n) is 3.19. The molecule has 2 aromatic rings. The average molecular weight is 493 g/mol. The van der Waals surface area contributed by atoms with Crippen molar-refractivity contribution < 1.29 is 22.7 Å². The van der Waals surface area contributed by atoms with Gasteiger partial charge in [0.05, 0.1) is 17.3 Å². The molecule has 1 aliphatic rings. The van der Waals surface area contributed by atoms with Crippen LogP contribution < -0.4 is 22.1 Å². The maximum Gasteiger partial charge on any atom is 0.390 e. The second-order valence-corrected chi connectivity index (χ2v) is 10.3. The predicted molar refractivity (Wildman–Crippen MR) is 121 cm³/mol. The van der Waals surface area contributed by atoms with Gasteiger partial charge in [-0.2, -0.15) is 13.2 Å². The Morgan fingerprint density at radius 2 is 1.82 bits per heavy atom. The molecule has 0 aromatic carbocycles. The van der Waals surface area contributed by atoms with Gasteiger partial charge in [-0.05, 0) is 60.1 Å². The van der Waals surface area contributed by atoms with Crippen molar-refractivity contribution in [3.8, 4) is 0 Å². The van der Waals surface area contributed by atoms with E-state index in [9.17, 15) is 27.6 Å². The zero-order valence-electron chi connectivity index (χ0n) is 19.7. The predicted octanol–water partition coefficient (Wildman–Crippen LogP) is 3.18. The first-order chi connectivity index (χ1) is 15.1. The molecule has 33 heavy (non-hydrogen) atoms. The maximum absolute atomic E-state index is 13.0. The molecule has 0 bridgehead atoms. The largest absolute Gasteiger partial charge is 0.462 e. The molecule has 1 fully saturated rings. The van der Waals surface area contributed by atoms with Gasteiger partial charge in [0.2, 0.25) is 0 Å². The minimum Gasteiger partial charge on any atom is -0.462 e. The smallest absolute Gasteiger partial charge is 0.390 e. The first kappa shape index (κ1) is 27.1. The molecule has 0 amide bonds. The summed E-state index contributed by atoms with van der Waals surface area (Å²) in [6.07, 6.45) is -4.15. The maximum atomic E-state index is 13.0. The summed E-state index contributed by atoms with van der Waals surface area (Å²) in [5.41, 5.74) is 4.43. The Balaban J connectivity index is 0.000000479. The number of hydrazine groups is 1. The Bertz CT molecular complexity index is 1110. The zero-order chi connectivity index (χ0) is 25.2. The summed E-state index contributed by atoms with van der Waals surface area (Å²) in [6.45, 7) is 9.40. The highest BCUT2D eigenvalue weighted by Gasteiger charge is 2.43. The van der Waals surface area contributed by atoms with Crippen molar-refractivity contribution in [3.05, 3.63) is 31.3 Å². The highest BCUT2D eigenvalue weighted by molar-refractivity contribution is 7.18. The molecule has 0 radical (unpaired) electrons. The van der Waals surface area contributed by atoms with Gasteiger partial charge in [-0.15, -0.1) is 11.3 Å². The van der Waals surface area contributed by atoms with Gasteiger partial charge in [-0.25, -0.2) is 4.79 Å². The van der Waals surface area contributed by atoms with E-state index in [1.807, 2.05) is 20.8 Å². The summed E-state index contributed by atoms with van der Waals surface area (Å²) in [4.78, 5) is 36.6. The number of nitrogens with one attached hydrogen (secondary N) is 2. The minimum absolute atomic E-state index is 0.315. The standard InChI is InChI=1S/C16H21F3N4O2S.C5H10O2/c1-9-10(8-21-20-3)26-13-11(9)12(24)23(15(2)4-5-15)14(25)22(13)7-6-16(17,18)19;1-5(2,3)7-4-6/h20-21H,4-8H2,1-3H3;4H,1-3H3. The molecule has 3 rings (SSSR count). The summed E-state index contributed by atoms with van der Waals surface area (Å²) in [6, 6.07) is 0. The van der Waals surface area contributed by atoms with Gasteiger partial charge in [-0.1, -0.05) is 0 Å². The molecule has 0 unspecified atom stereocenters. The third-order valence-electron chi connectivity index (χ3n) is 5.27. The van der Waals surface area contributed by atoms with Crippen molar-refractivity contribution in [1.29, 1.82) is 0 Å². The van der Waals surface area contributed by atoms with E-state index in [1.165, 1.54) is 11.3 Å². The highest BCUT2D eigenvalue weighted by Crippen LogP contribution is 2.41. The third-order valence-corrected chi connectivity index (χ3v) is 6.59. The van der Waals surface area contributed by atoms with Crippen LogP contribution in [0.15, 0.2) is 9.59 Å². The van der Waals surface area contributed by atoms with E-state index in [1.54, 1.807) is 20.9 Å². The van der Waals surface area contributed by atoms with Crippen LogP contribution in [0.1, 0.15) is 57.4 Å². The second kappa shape index (κ2) is 9.98. The molecule has 1 aliphatic carbocycles. The third kappa shape index (κ3) is 6.67. The van der Waals surface area contributed by atoms with E-state index in [-0.39, 0.29) is 5.60 Å².